The Labute approximate surface area is 468 Å². The van der Waals surface area contributed by atoms with Gasteiger partial charge in [-0.05, 0) is 86.5 Å². The summed E-state index contributed by atoms with van der Waals surface area (Å²) in [7, 11) is 2.00. The molecule has 18 nitrogen and oxygen atoms in total. The molecule has 0 bridgehead atoms. The maximum atomic E-state index is 16.0. The average Bonchev–Trinajstić information content (AvgIpc) is 3.82. The number of rotatable bonds is 19. The summed E-state index contributed by atoms with van der Waals surface area (Å²) >= 11 is 1.08. The van der Waals surface area contributed by atoms with Gasteiger partial charge in [-0.25, -0.2) is 22.5 Å². The maximum Gasteiger partial charge on any atom is 0.264 e. The highest BCUT2D eigenvalue weighted by atomic mass is 32.1. The molecule has 6 amide bonds. The predicted octanol–water partition coefficient (Wildman–Crippen LogP) is 6.64. The second-order valence-electron chi connectivity index (χ2n) is 22.1. The van der Waals surface area contributed by atoms with Gasteiger partial charge >= 0.3 is 0 Å². The van der Waals surface area contributed by atoms with Crippen LogP contribution in [0.4, 0.5) is 33.3 Å². The standard InChI is InChI=1S/C57H65F5N10O8S/c1-30-26-71(27-31(2)70(30)6)43-15-13-34(21-42(43)68-52(77)39-25-65-45(74)23-38(39)49(59)60)37-14-12-35(20-40(37)58)51(76)64-19-7-18-63-46(75)24-41(32-8-10-33(11-9-32)47-50(61)66-29-81-47)67-53(78)44-22-36(73)28-72(44)54(79)48(56(3,4)5)69-55(80)57(62)16-17-57/h8-15,20-21,23,25,29-31,36,41,44,48-49,73H,7,16-19,22,24,26-28H2,1-6H3,(H,63,75)(H,64,76)(H,65,74)(H,67,78)(H,68,77)(H,69,80)/t30-,31+,36-,41+,44+,48-/m1/s1. The second kappa shape index (κ2) is 24.7. The summed E-state index contributed by atoms with van der Waals surface area (Å²) in [6.07, 6.45) is -3.53. The number of amides is 6. The number of aromatic amines is 1. The van der Waals surface area contributed by atoms with Crippen LogP contribution in [0.3, 0.4) is 0 Å². The number of aromatic nitrogens is 2. The van der Waals surface area contributed by atoms with Gasteiger partial charge in [0, 0.05) is 80.2 Å². The molecule has 0 radical (unpaired) electrons. The number of alkyl halides is 3. The lowest BCUT2D eigenvalue weighted by atomic mass is 9.85. The van der Waals surface area contributed by atoms with Crippen molar-refractivity contribution >= 4 is 58.2 Å². The van der Waals surface area contributed by atoms with E-state index in [2.05, 4.69) is 41.5 Å². The minimum atomic E-state index is -3.12. The van der Waals surface area contributed by atoms with Crippen LogP contribution >= 0.6 is 11.3 Å². The Morgan fingerprint density at radius 2 is 1.56 bits per heavy atom. The van der Waals surface area contributed by atoms with E-state index < -0.39 is 106 Å². The number of aliphatic hydroxyl groups is 1. The van der Waals surface area contributed by atoms with E-state index in [0.717, 1.165) is 28.5 Å². The first kappa shape index (κ1) is 59.5. The number of hydrogen-bond acceptors (Lipinski definition) is 12. The molecule has 0 unspecified atom stereocenters. The highest BCUT2D eigenvalue weighted by Gasteiger charge is 2.53. The number of carbonyl (C=O) groups excluding carboxylic acids is 6. The number of hydrogen-bond donors (Lipinski definition) is 7. The summed E-state index contributed by atoms with van der Waals surface area (Å²) in [4.78, 5) is 105. The van der Waals surface area contributed by atoms with Crippen LogP contribution in [-0.4, -0.2) is 136 Å². The third kappa shape index (κ3) is 14.0. The van der Waals surface area contributed by atoms with Crippen LogP contribution in [0.15, 0.2) is 83.2 Å². The number of carbonyl (C=O) groups is 6. The Balaban J connectivity index is 0.909. The smallest absolute Gasteiger partial charge is 0.264 e. The van der Waals surface area contributed by atoms with Crippen LogP contribution in [0, 0.1) is 17.2 Å². The van der Waals surface area contributed by atoms with E-state index in [1.165, 1.54) is 23.7 Å². The van der Waals surface area contributed by atoms with Gasteiger partial charge in [0.25, 0.3) is 24.1 Å². The lowest BCUT2D eigenvalue weighted by Crippen LogP contribution is -2.59. The van der Waals surface area contributed by atoms with E-state index in [9.17, 15) is 56.2 Å². The minimum absolute atomic E-state index is 0.0220. The van der Waals surface area contributed by atoms with Gasteiger partial charge in [-0.3, -0.25) is 38.5 Å². The van der Waals surface area contributed by atoms with Crippen molar-refractivity contribution in [2.45, 2.75) is 115 Å². The Kier molecular flexibility index (Phi) is 18.1. The maximum absolute atomic E-state index is 16.0. The molecule has 5 aromatic rings. The molecular weight excluding hydrogens is 1080 g/mol. The topological polar surface area (TPSA) is 238 Å². The minimum Gasteiger partial charge on any atom is -0.391 e. The van der Waals surface area contributed by atoms with Crippen molar-refractivity contribution in [3.8, 4) is 21.6 Å². The molecule has 1 saturated carbocycles. The largest absolute Gasteiger partial charge is 0.391 e. The van der Waals surface area contributed by atoms with Crippen molar-refractivity contribution in [1.82, 2.24) is 41.0 Å². The first-order valence-electron chi connectivity index (χ1n) is 26.6. The summed E-state index contributed by atoms with van der Waals surface area (Å²) in [6.45, 7) is 10.1. The molecule has 6 atom stereocenters. The monoisotopic (exact) mass is 1140 g/mol. The molecule has 0 spiro atoms. The van der Waals surface area contributed by atoms with Crippen LogP contribution in [0.1, 0.15) is 111 Å². The lowest BCUT2D eigenvalue weighted by molar-refractivity contribution is -0.145. The highest BCUT2D eigenvalue weighted by Crippen LogP contribution is 2.41. The van der Waals surface area contributed by atoms with Gasteiger partial charge in [0.15, 0.2) is 5.67 Å². The number of H-pyrrole nitrogens is 1. The van der Waals surface area contributed by atoms with E-state index in [1.54, 1.807) is 57.2 Å². The molecule has 81 heavy (non-hydrogen) atoms. The first-order chi connectivity index (χ1) is 38.3. The van der Waals surface area contributed by atoms with Crippen LogP contribution in [0.5, 0.6) is 0 Å². The molecule has 2 aromatic heterocycles. The molecule has 3 fully saturated rings. The first-order valence-corrected chi connectivity index (χ1v) is 27.5. The van der Waals surface area contributed by atoms with E-state index in [0.29, 0.717) is 41.5 Å². The van der Waals surface area contributed by atoms with Gasteiger partial charge in [0.2, 0.25) is 29.2 Å². The van der Waals surface area contributed by atoms with Crippen molar-refractivity contribution in [1.29, 1.82) is 0 Å². The Morgan fingerprint density at radius 3 is 2.19 bits per heavy atom. The number of pyridine rings is 1. The number of β-amino-alcohol motifs (C(OH)–C–C–N with tert-alkyl or cyclic N) is 1. The zero-order valence-electron chi connectivity index (χ0n) is 45.5. The van der Waals surface area contributed by atoms with Crippen molar-refractivity contribution in [2.75, 3.05) is 50.0 Å². The number of thiazole rings is 1. The summed E-state index contributed by atoms with van der Waals surface area (Å²) in [5.41, 5.74) is -1.59. The number of halogens is 5. The number of nitrogens with one attached hydrogen (secondary N) is 6. The molecule has 8 rings (SSSR count). The van der Waals surface area contributed by atoms with Crippen LogP contribution in [-0.2, 0) is 19.2 Å². The fourth-order valence-corrected chi connectivity index (χ4v) is 10.7. The fraction of sp³-hybridized carbons (Fsp3) is 0.439. The lowest BCUT2D eigenvalue weighted by Gasteiger charge is -2.44. The highest BCUT2D eigenvalue weighted by molar-refractivity contribution is 7.13. The third-order valence-corrected chi connectivity index (χ3v) is 15.9. The molecule has 24 heteroatoms. The van der Waals surface area contributed by atoms with Crippen LogP contribution in [0.2, 0.25) is 0 Å². The fourth-order valence-electron chi connectivity index (χ4n) is 10.0. The Hall–Kier alpha value is -7.57. The Bertz CT molecular complexity index is 3230. The van der Waals surface area contributed by atoms with Crippen molar-refractivity contribution in [2.24, 2.45) is 5.41 Å². The summed E-state index contributed by atoms with van der Waals surface area (Å²) in [6, 6.07) is 12.5. The molecule has 7 N–H and O–H groups in total. The number of benzene rings is 3. The van der Waals surface area contributed by atoms with E-state index >= 15 is 4.39 Å². The van der Waals surface area contributed by atoms with Crippen molar-refractivity contribution in [3.63, 3.8) is 0 Å². The number of likely N-dealkylation sites (N-methyl/N-ethyl adjacent to an activating group) is 1. The van der Waals surface area contributed by atoms with Gasteiger partial charge in [-0.2, -0.15) is 4.39 Å². The van der Waals surface area contributed by atoms with Crippen molar-refractivity contribution < 1.29 is 55.8 Å². The third-order valence-electron chi connectivity index (χ3n) is 15.0. The molecule has 2 saturated heterocycles. The SMILES string of the molecule is C[C@@H]1CN(c2ccc(-c3ccc(C(=O)NCCCNC(=O)C[C@H](NC(=O)[C@@H]4C[C@@H](O)CN4C(=O)[C@@H](NC(=O)C4(F)CC4)C(C)(C)C)c4ccc(-c5scnc5F)cc4)cc3F)cc2NC(=O)c2c[nH]c(=O)cc2C(F)F)C[C@H](C)N1C. The average molecular weight is 1150 g/mol. The molecular formula is C57H65F5N10O8S. The van der Waals surface area contributed by atoms with E-state index in [4.69, 9.17) is 0 Å². The summed E-state index contributed by atoms with van der Waals surface area (Å²) in [5, 5.41) is 24.3. The van der Waals surface area contributed by atoms with Gasteiger partial charge in [0.05, 0.1) is 45.9 Å². The molecule has 3 aliphatic rings. The number of piperazine rings is 1. The number of aliphatic hydroxyl groups excluding tert-OH is 1. The second-order valence-corrected chi connectivity index (χ2v) is 22.9. The molecule has 1 aliphatic carbocycles. The number of likely N-dealkylation sites (tertiary alicyclic amines) is 1. The molecule has 2 aliphatic heterocycles. The zero-order chi connectivity index (χ0) is 58.7. The number of anilines is 2. The molecule has 4 heterocycles. The normalized spacial score (nSPS) is 19.6. The van der Waals surface area contributed by atoms with E-state index in [-0.39, 0.29) is 85.5 Å². The van der Waals surface area contributed by atoms with Gasteiger partial charge in [-0.1, -0.05) is 57.2 Å². The van der Waals surface area contributed by atoms with Gasteiger partial charge in [-0.15, -0.1) is 11.3 Å². The summed E-state index contributed by atoms with van der Waals surface area (Å²) < 4.78 is 73.2. The number of nitrogens with zero attached hydrogens (tertiary/aromatic N) is 4. The van der Waals surface area contributed by atoms with Gasteiger partial charge < -0.3 is 46.5 Å². The molecule has 3 aromatic carbocycles. The van der Waals surface area contributed by atoms with Crippen LogP contribution in [0.25, 0.3) is 21.6 Å². The Morgan fingerprint density at radius 1 is 0.877 bits per heavy atom. The van der Waals surface area contributed by atoms with E-state index in [1.807, 2.05) is 25.8 Å². The van der Waals surface area contributed by atoms with Gasteiger partial charge in [0.1, 0.15) is 17.9 Å². The predicted molar refractivity (Wildman–Crippen MR) is 294 cm³/mol. The quantitative estimate of drug-likeness (QED) is 0.0342. The van der Waals surface area contributed by atoms with Crippen molar-refractivity contribution in [3.05, 3.63) is 123 Å². The zero-order valence-corrected chi connectivity index (χ0v) is 46.3. The molecule has 432 valence electrons. The van der Waals surface area contributed by atoms with Crippen LogP contribution < -0.4 is 37.0 Å². The summed E-state index contributed by atoms with van der Waals surface area (Å²) in [5.74, 6) is -5.83.